The van der Waals surface area contributed by atoms with E-state index < -0.39 is 57.2 Å². The number of aliphatic hydroxyl groups excluding tert-OH is 1. The first-order valence-corrected chi connectivity index (χ1v) is 17.5. The minimum atomic E-state index is -5.03. The monoisotopic (exact) mass is 723 g/mol. The van der Waals surface area contributed by atoms with Gasteiger partial charge in [0.2, 0.25) is 0 Å². The number of nitrogens with one attached hydrogen (secondary N) is 3. The molecule has 1 aliphatic carbocycles. The molecule has 8 N–H and O–H groups in total. The van der Waals surface area contributed by atoms with E-state index in [2.05, 4.69) is 25.1 Å². The minimum absolute atomic E-state index is 0.0534. The van der Waals surface area contributed by atoms with E-state index >= 15 is 0 Å². The van der Waals surface area contributed by atoms with Crippen LogP contribution in [0.25, 0.3) is 0 Å². The molecule has 1 aromatic carbocycles. The quantitative estimate of drug-likeness (QED) is 0.0490. The Bertz CT molecular complexity index is 1790. The van der Waals surface area contributed by atoms with Gasteiger partial charge in [0.05, 0.1) is 5.54 Å². The summed E-state index contributed by atoms with van der Waals surface area (Å²) in [6.07, 6.45) is 2.00. The van der Waals surface area contributed by atoms with Gasteiger partial charge < -0.3 is 36.2 Å². The fourth-order valence-corrected chi connectivity index (χ4v) is 6.89. The summed E-state index contributed by atoms with van der Waals surface area (Å²) in [5.74, 6) is -2.37. The summed E-state index contributed by atoms with van der Waals surface area (Å²) >= 11 is 0.959. The molecule has 2 aliphatic heterocycles. The molecule has 0 radical (unpaired) electrons. The average Bonchev–Trinajstić information content (AvgIpc) is 3.45. The highest BCUT2D eigenvalue weighted by atomic mass is 32.3. The lowest BCUT2D eigenvalue weighted by molar-refractivity contribution is -0.218. The number of β-lactam (4-membered cyclic amide) rings is 1. The molecule has 3 aliphatic rings. The summed E-state index contributed by atoms with van der Waals surface area (Å²) in [6.45, 7) is 4.12. The molecule has 3 atom stereocenters. The molecule has 1 saturated carbocycles. The lowest BCUT2D eigenvalue weighted by Crippen LogP contribution is -2.76. The largest absolute Gasteiger partial charge is 0.485 e. The molecule has 0 bridgehead atoms. The predicted octanol–water partition coefficient (Wildman–Crippen LogP) is 0.599. The Balaban J connectivity index is 1.31. The van der Waals surface area contributed by atoms with Gasteiger partial charge in [0.15, 0.2) is 16.9 Å². The van der Waals surface area contributed by atoms with Crippen molar-refractivity contribution < 1.29 is 51.4 Å². The van der Waals surface area contributed by atoms with Crippen LogP contribution in [0.4, 0.5) is 5.13 Å². The molecule has 3 heterocycles. The third-order valence-corrected chi connectivity index (χ3v) is 9.89. The van der Waals surface area contributed by atoms with E-state index in [1.54, 1.807) is 12.1 Å². The Morgan fingerprint density at radius 2 is 2.02 bits per heavy atom. The Labute approximate surface area is 285 Å². The van der Waals surface area contributed by atoms with Crippen LogP contribution in [0.15, 0.2) is 28.7 Å². The molecule has 18 nitrogen and oxygen atoms in total. The number of nitrogens with zero attached hydrogens (tertiary/aromatic N) is 3. The Morgan fingerprint density at radius 3 is 2.61 bits per heavy atom. The number of amides is 2. The number of carboxylic acids is 1. The number of aliphatic hydroxyl groups is 1. The molecule has 0 unspecified atom stereocenters. The van der Waals surface area contributed by atoms with Crippen LogP contribution < -0.4 is 21.1 Å². The van der Waals surface area contributed by atoms with Crippen LogP contribution in [0.5, 0.6) is 5.75 Å². The number of carboxylic acid groups (broad SMARTS) is 1. The molecule has 2 fully saturated rings. The summed E-state index contributed by atoms with van der Waals surface area (Å²) in [5, 5.41) is 39.1. The summed E-state index contributed by atoms with van der Waals surface area (Å²) in [4.78, 5) is 48.3. The van der Waals surface area contributed by atoms with E-state index in [1.807, 2.05) is 6.07 Å². The van der Waals surface area contributed by atoms with Crippen molar-refractivity contribution in [3.63, 3.8) is 0 Å². The Hall–Kier alpha value is -4.37. The molecule has 266 valence electrons. The van der Waals surface area contributed by atoms with E-state index in [-0.39, 0.29) is 35.7 Å². The maximum atomic E-state index is 13.4. The van der Waals surface area contributed by atoms with Crippen molar-refractivity contribution in [3.8, 4) is 5.75 Å². The SMILES string of the molecule is CC1(C)[C@H](NC(=O)/C(=N\O[C@](C)(C(=O)O)[C@H]2CCc3cc(C(=N)N[C@H]4C[C@@H](CCO)C4)ccc3O2)c2csc(N)n2)C(=O)N1OS(=O)(=O)O. The van der Waals surface area contributed by atoms with Crippen LogP contribution in [-0.2, 0) is 40.3 Å². The summed E-state index contributed by atoms with van der Waals surface area (Å²) in [6, 6.07) is 3.97. The molecular formula is C29H37N7O11S2. The molecule has 49 heavy (non-hydrogen) atoms. The van der Waals surface area contributed by atoms with Gasteiger partial charge in [-0.2, -0.15) is 13.5 Å². The third-order valence-electron chi connectivity index (χ3n) is 8.88. The van der Waals surface area contributed by atoms with Gasteiger partial charge >= 0.3 is 16.4 Å². The second kappa shape index (κ2) is 13.5. The van der Waals surface area contributed by atoms with Crippen LogP contribution in [0.1, 0.15) is 63.3 Å². The molecule has 2 amide bonds. The number of rotatable bonds is 13. The van der Waals surface area contributed by atoms with E-state index in [4.69, 9.17) is 30.4 Å². The number of hydrogen-bond acceptors (Lipinski definition) is 14. The molecule has 2 aromatic rings. The van der Waals surface area contributed by atoms with Crippen molar-refractivity contribution in [1.29, 1.82) is 5.41 Å². The van der Waals surface area contributed by atoms with Gasteiger partial charge in [-0.1, -0.05) is 5.16 Å². The third kappa shape index (κ3) is 7.47. The lowest BCUT2D eigenvalue weighted by atomic mass is 9.78. The Kier molecular flexibility index (Phi) is 9.90. The van der Waals surface area contributed by atoms with Crippen LogP contribution in [0.2, 0.25) is 0 Å². The van der Waals surface area contributed by atoms with E-state index in [1.165, 1.54) is 26.2 Å². The maximum absolute atomic E-state index is 13.4. The zero-order chi connectivity index (χ0) is 35.9. The number of hydrogen-bond donors (Lipinski definition) is 7. The van der Waals surface area contributed by atoms with Crippen LogP contribution in [-0.4, -0.2) is 98.5 Å². The molecular weight excluding hydrogens is 686 g/mol. The van der Waals surface area contributed by atoms with Gasteiger partial charge in [0.1, 0.15) is 23.3 Å². The zero-order valence-electron chi connectivity index (χ0n) is 26.7. The Morgan fingerprint density at radius 1 is 1.31 bits per heavy atom. The number of aliphatic carboxylic acids is 1. The van der Waals surface area contributed by atoms with Crippen molar-refractivity contribution in [2.75, 3.05) is 12.3 Å². The van der Waals surface area contributed by atoms with Crippen LogP contribution in [0.3, 0.4) is 0 Å². The summed E-state index contributed by atoms with van der Waals surface area (Å²) < 4.78 is 41.7. The topological polar surface area (TPSA) is 276 Å². The van der Waals surface area contributed by atoms with Crippen molar-refractivity contribution in [1.82, 2.24) is 20.7 Å². The van der Waals surface area contributed by atoms with Crippen molar-refractivity contribution in [2.45, 2.75) is 82.2 Å². The number of fused-ring (bicyclic) bond motifs is 1. The number of aromatic nitrogens is 1. The van der Waals surface area contributed by atoms with E-state index in [0.29, 0.717) is 28.7 Å². The van der Waals surface area contributed by atoms with Gasteiger partial charge in [0.25, 0.3) is 17.4 Å². The van der Waals surface area contributed by atoms with Crippen molar-refractivity contribution >= 4 is 56.2 Å². The standard InChI is InChI=1S/C29H37N7O11S2/c1-28(2)22(25(39)36(28)47-49(42,43)44)34-24(38)21(18-13-48-27(31)33-18)35-46-29(3,26(40)41)20-7-5-15-12-16(4-6-19(15)45-20)23(30)32-17-10-14(11-17)8-9-37/h4,6,12-14,17,20,22,37H,5,7-11H2,1-3H3,(H2,30,32)(H2,31,33)(H,34,38)(H,40,41)(H,42,43,44)/b35-21-/t14-,17+,20-,22-,29+/m1/s1. The highest BCUT2D eigenvalue weighted by molar-refractivity contribution is 7.80. The number of anilines is 1. The first-order chi connectivity index (χ1) is 22.9. The zero-order valence-corrected chi connectivity index (χ0v) is 28.3. The second-order valence-electron chi connectivity index (χ2n) is 12.7. The number of benzene rings is 1. The van der Waals surface area contributed by atoms with Crippen molar-refractivity contribution in [3.05, 3.63) is 40.4 Å². The lowest BCUT2D eigenvalue weighted by Gasteiger charge is -2.50. The number of nitrogens with two attached hydrogens (primary N) is 1. The number of carbonyl (C=O) groups is 3. The normalized spacial score (nSPS) is 24.3. The van der Waals surface area contributed by atoms with E-state index in [0.717, 1.165) is 36.2 Å². The maximum Gasteiger partial charge on any atom is 0.418 e. The number of hydroxylamine groups is 2. The van der Waals surface area contributed by atoms with Gasteiger partial charge in [0, 0.05) is 23.6 Å². The van der Waals surface area contributed by atoms with E-state index in [9.17, 15) is 27.9 Å². The fourth-order valence-electron chi connectivity index (χ4n) is 5.89. The number of amidine groups is 1. The highest BCUT2D eigenvalue weighted by Crippen LogP contribution is 2.36. The molecule has 20 heteroatoms. The van der Waals surface area contributed by atoms with Gasteiger partial charge in [-0.15, -0.1) is 15.6 Å². The number of carbonyl (C=O) groups excluding carboxylic acids is 2. The van der Waals surface area contributed by atoms with Crippen LogP contribution in [0, 0.1) is 11.3 Å². The molecule has 1 saturated heterocycles. The molecule has 0 spiro atoms. The number of ether oxygens (including phenoxy) is 1. The number of oxime groups is 1. The van der Waals surface area contributed by atoms with Crippen LogP contribution >= 0.6 is 11.3 Å². The van der Waals surface area contributed by atoms with Gasteiger partial charge in [-0.25, -0.2) is 9.78 Å². The van der Waals surface area contributed by atoms with Crippen molar-refractivity contribution in [2.24, 2.45) is 11.1 Å². The predicted molar refractivity (Wildman–Crippen MR) is 173 cm³/mol. The number of nitrogen functional groups attached to an aromatic ring is 1. The van der Waals surface area contributed by atoms with Gasteiger partial charge in [-0.05, 0) is 82.6 Å². The molecule has 1 aromatic heterocycles. The smallest absolute Gasteiger partial charge is 0.418 e. The summed E-state index contributed by atoms with van der Waals surface area (Å²) in [5.41, 5.74) is 2.98. The highest BCUT2D eigenvalue weighted by Gasteiger charge is 2.58. The number of thiazole rings is 1. The molecule has 5 rings (SSSR count). The number of aryl methyl sites for hydroxylation is 1. The first kappa shape index (κ1) is 35.9. The van der Waals surface area contributed by atoms with Gasteiger partial charge in [-0.3, -0.25) is 19.6 Å². The second-order valence-corrected chi connectivity index (χ2v) is 14.6. The average molecular weight is 724 g/mol. The summed E-state index contributed by atoms with van der Waals surface area (Å²) in [7, 11) is -5.03. The minimum Gasteiger partial charge on any atom is -0.485 e. The fraction of sp³-hybridized carbons (Fsp3) is 0.517. The first-order valence-electron chi connectivity index (χ1n) is 15.2.